The van der Waals surface area contributed by atoms with Gasteiger partial charge in [-0.15, -0.1) is 30.6 Å². The van der Waals surface area contributed by atoms with E-state index in [-0.39, 0.29) is 24.0 Å². The zero-order chi connectivity index (χ0) is 14.1. The number of hydrogen-bond acceptors (Lipinski definition) is 4. The molecule has 0 aromatic carbocycles. The zero-order valence-electron chi connectivity index (χ0n) is 12.4. The molecule has 6 nitrogen and oxygen atoms in total. The van der Waals surface area contributed by atoms with E-state index >= 15 is 0 Å². The van der Waals surface area contributed by atoms with Gasteiger partial charge in [0, 0.05) is 20.1 Å². The Bertz CT molecular complexity index is 419. The van der Waals surface area contributed by atoms with Gasteiger partial charge in [0.1, 0.15) is 6.54 Å². The highest BCUT2D eigenvalue weighted by atomic mass is 127. The topological polar surface area (TPSA) is 66.5 Å². The highest BCUT2D eigenvalue weighted by Crippen LogP contribution is 2.00. The van der Waals surface area contributed by atoms with Crippen molar-refractivity contribution in [2.24, 2.45) is 4.99 Å². The lowest BCUT2D eigenvalue weighted by Crippen LogP contribution is -2.39. The molecular weight excluding hydrogens is 369 g/mol. The fourth-order valence-electron chi connectivity index (χ4n) is 1.60. The van der Waals surface area contributed by atoms with Crippen LogP contribution in [0.4, 0.5) is 0 Å². The van der Waals surface area contributed by atoms with Crippen LogP contribution in [0.1, 0.15) is 31.5 Å². The van der Waals surface area contributed by atoms with E-state index in [9.17, 15) is 0 Å². The van der Waals surface area contributed by atoms with Crippen LogP contribution in [0.5, 0.6) is 0 Å². The third-order valence-electron chi connectivity index (χ3n) is 2.53. The standard InChI is InChI=1S/C13H23N5O.HI/c1-5-7-8-9-18(4)13(14-6-2)15-10-12-16-11(3)17-19-12;/h5H,1,6-10H2,2-4H3,(H,14,15);1H. The van der Waals surface area contributed by atoms with E-state index in [0.29, 0.717) is 18.3 Å². The van der Waals surface area contributed by atoms with Crippen molar-refractivity contribution in [1.82, 2.24) is 20.4 Å². The first kappa shape index (κ1) is 18.9. The number of hydrogen-bond donors (Lipinski definition) is 1. The number of nitrogens with one attached hydrogen (secondary N) is 1. The Kier molecular flexibility index (Phi) is 10.0. The van der Waals surface area contributed by atoms with Crippen molar-refractivity contribution in [3.63, 3.8) is 0 Å². The Labute approximate surface area is 137 Å². The van der Waals surface area contributed by atoms with Gasteiger partial charge in [0.05, 0.1) is 0 Å². The average Bonchev–Trinajstić information content (AvgIpc) is 2.80. The molecule has 0 aliphatic carbocycles. The summed E-state index contributed by atoms with van der Waals surface area (Å²) in [4.78, 5) is 10.7. The van der Waals surface area contributed by atoms with E-state index in [2.05, 4.69) is 31.9 Å². The Morgan fingerprint density at radius 2 is 2.30 bits per heavy atom. The van der Waals surface area contributed by atoms with Crippen molar-refractivity contribution in [3.8, 4) is 0 Å². The van der Waals surface area contributed by atoms with Crippen molar-refractivity contribution in [1.29, 1.82) is 0 Å². The number of rotatable bonds is 7. The SMILES string of the molecule is C=CCCCN(C)C(=NCc1nc(C)no1)NCC.I. The molecule has 0 fully saturated rings. The van der Waals surface area contributed by atoms with Gasteiger partial charge in [0.2, 0.25) is 5.89 Å². The normalized spacial score (nSPS) is 10.8. The molecule has 1 aromatic heterocycles. The maximum atomic E-state index is 5.04. The summed E-state index contributed by atoms with van der Waals surface area (Å²) in [6.07, 6.45) is 4.00. The zero-order valence-corrected chi connectivity index (χ0v) is 14.8. The van der Waals surface area contributed by atoms with Crippen molar-refractivity contribution < 1.29 is 4.52 Å². The first-order chi connectivity index (χ1) is 9.17. The number of aliphatic imine (C=N–C) groups is 1. The van der Waals surface area contributed by atoms with Crippen LogP contribution in [-0.2, 0) is 6.54 Å². The van der Waals surface area contributed by atoms with Crippen molar-refractivity contribution in [2.45, 2.75) is 33.2 Å². The first-order valence-corrected chi connectivity index (χ1v) is 6.57. The molecule has 0 atom stereocenters. The van der Waals surface area contributed by atoms with Crippen LogP contribution < -0.4 is 5.32 Å². The molecule has 0 unspecified atom stereocenters. The van der Waals surface area contributed by atoms with Gasteiger partial charge in [0.25, 0.3) is 0 Å². The molecule has 7 heteroatoms. The number of guanidine groups is 1. The summed E-state index contributed by atoms with van der Waals surface area (Å²) >= 11 is 0. The molecule has 114 valence electrons. The molecule has 1 rings (SSSR count). The number of halogens is 1. The number of nitrogens with zero attached hydrogens (tertiary/aromatic N) is 4. The third-order valence-corrected chi connectivity index (χ3v) is 2.53. The highest BCUT2D eigenvalue weighted by molar-refractivity contribution is 14.0. The summed E-state index contributed by atoms with van der Waals surface area (Å²) in [5.74, 6) is 2.02. The largest absolute Gasteiger partial charge is 0.357 e. The molecule has 0 amide bonds. The highest BCUT2D eigenvalue weighted by Gasteiger charge is 2.06. The number of allylic oxidation sites excluding steroid dienone is 1. The molecule has 0 radical (unpaired) electrons. The van der Waals surface area contributed by atoms with Gasteiger partial charge in [0.15, 0.2) is 11.8 Å². The predicted octanol–water partition coefficient (Wildman–Crippen LogP) is 2.36. The van der Waals surface area contributed by atoms with E-state index in [0.717, 1.165) is 31.9 Å². The molecule has 1 N–H and O–H groups in total. The first-order valence-electron chi connectivity index (χ1n) is 6.57. The fraction of sp³-hybridized carbons (Fsp3) is 0.615. The summed E-state index contributed by atoms with van der Waals surface area (Å²) in [6, 6.07) is 0. The summed E-state index contributed by atoms with van der Waals surface area (Å²) < 4.78 is 5.04. The Hall–Kier alpha value is -1.12. The lowest BCUT2D eigenvalue weighted by Gasteiger charge is -2.21. The van der Waals surface area contributed by atoms with Crippen LogP contribution in [0.15, 0.2) is 22.2 Å². The Morgan fingerprint density at radius 1 is 1.55 bits per heavy atom. The van der Waals surface area contributed by atoms with Crippen LogP contribution in [0, 0.1) is 6.92 Å². The summed E-state index contributed by atoms with van der Waals surface area (Å²) in [5, 5.41) is 6.99. The van der Waals surface area contributed by atoms with E-state index < -0.39 is 0 Å². The molecule has 0 spiro atoms. The maximum Gasteiger partial charge on any atom is 0.248 e. The molecule has 0 saturated carbocycles. The monoisotopic (exact) mass is 393 g/mol. The minimum Gasteiger partial charge on any atom is -0.357 e. The summed E-state index contributed by atoms with van der Waals surface area (Å²) in [5.41, 5.74) is 0. The molecule has 0 saturated heterocycles. The molecule has 1 aromatic rings. The minimum absolute atomic E-state index is 0. The molecule has 0 aliphatic rings. The molecular formula is C13H24IN5O. The predicted molar refractivity (Wildman–Crippen MR) is 91.3 cm³/mol. The van der Waals surface area contributed by atoms with Crippen LogP contribution >= 0.6 is 24.0 Å². The number of aryl methyl sites for hydroxylation is 1. The number of aromatic nitrogens is 2. The van der Waals surface area contributed by atoms with Gasteiger partial charge in [-0.3, -0.25) is 0 Å². The van der Waals surface area contributed by atoms with Crippen LogP contribution in [0.25, 0.3) is 0 Å². The minimum atomic E-state index is 0. The molecule has 1 heterocycles. The van der Waals surface area contributed by atoms with E-state index in [1.165, 1.54) is 0 Å². The fourth-order valence-corrected chi connectivity index (χ4v) is 1.60. The summed E-state index contributed by atoms with van der Waals surface area (Å²) in [7, 11) is 2.02. The third kappa shape index (κ3) is 6.88. The Balaban J connectivity index is 0.00000361. The van der Waals surface area contributed by atoms with Crippen molar-refractivity contribution in [2.75, 3.05) is 20.1 Å². The molecule has 20 heavy (non-hydrogen) atoms. The van der Waals surface area contributed by atoms with E-state index in [4.69, 9.17) is 4.52 Å². The quantitative estimate of drug-likeness (QED) is 0.253. The van der Waals surface area contributed by atoms with Crippen LogP contribution in [0.3, 0.4) is 0 Å². The maximum absolute atomic E-state index is 5.04. The van der Waals surface area contributed by atoms with Gasteiger partial charge in [-0.05, 0) is 26.7 Å². The average molecular weight is 393 g/mol. The van der Waals surface area contributed by atoms with E-state index in [1.54, 1.807) is 6.92 Å². The second-order valence-electron chi connectivity index (χ2n) is 4.26. The lowest BCUT2D eigenvalue weighted by molar-refractivity contribution is 0.375. The lowest BCUT2D eigenvalue weighted by atomic mass is 10.3. The second-order valence-corrected chi connectivity index (χ2v) is 4.26. The van der Waals surface area contributed by atoms with Crippen molar-refractivity contribution in [3.05, 3.63) is 24.4 Å². The van der Waals surface area contributed by atoms with E-state index in [1.807, 2.05) is 20.0 Å². The van der Waals surface area contributed by atoms with Gasteiger partial charge in [-0.1, -0.05) is 11.2 Å². The summed E-state index contributed by atoms with van der Waals surface area (Å²) in [6.45, 7) is 9.72. The molecule has 0 bridgehead atoms. The second kappa shape index (κ2) is 10.6. The van der Waals surface area contributed by atoms with Crippen molar-refractivity contribution >= 4 is 29.9 Å². The smallest absolute Gasteiger partial charge is 0.248 e. The Morgan fingerprint density at radius 3 is 2.85 bits per heavy atom. The molecule has 0 aliphatic heterocycles. The number of unbranched alkanes of at least 4 members (excludes halogenated alkanes) is 1. The van der Waals surface area contributed by atoms with Crippen LogP contribution in [-0.4, -0.2) is 41.1 Å². The van der Waals surface area contributed by atoms with Gasteiger partial charge >= 0.3 is 0 Å². The van der Waals surface area contributed by atoms with Gasteiger partial charge in [-0.25, -0.2) is 4.99 Å². The van der Waals surface area contributed by atoms with Gasteiger partial charge < -0.3 is 14.7 Å². The van der Waals surface area contributed by atoms with Gasteiger partial charge in [-0.2, -0.15) is 4.98 Å². The van der Waals surface area contributed by atoms with Crippen LogP contribution in [0.2, 0.25) is 0 Å².